The van der Waals surface area contributed by atoms with E-state index in [1.165, 1.54) is 0 Å². The van der Waals surface area contributed by atoms with Crippen LogP contribution in [0, 0.1) is 0 Å². The van der Waals surface area contributed by atoms with Crippen LogP contribution >= 0.6 is 0 Å². The van der Waals surface area contributed by atoms with Crippen LogP contribution in [0.15, 0.2) is 173 Å². The van der Waals surface area contributed by atoms with Gasteiger partial charge in [0.25, 0.3) is 0 Å². The lowest BCUT2D eigenvalue weighted by molar-refractivity contribution is 0.669. The molecule has 0 bridgehead atoms. The van der Waals surface area contributed by atoms with Crippen molar-refractivity contribution in [3.8, 4) is 45.3 Å². The van der Waals surface area contributed by atoms with Gasteiger partial charge in [0.1, 0.15) is 22.3 Å². The Morgan fingerprint density at radius 2 is 1.02 bits per heavy atom. The summed E-state index contributed by atoms with van der Waals surface area (Å²) in [6.45, 7) is 0. The molecule has 0 spiro atoms. The summed E-state index contributed by atoms with van der Waals surface area (Å²) in [7, 11) is 0. The van der Waals surface area contributed by atoms with Crippen LogP contribution in [0.25, 0.3) is 111 Å². The molecule has 0 radical (unpaired) electrons. The predicted octanol–water partition coefficient (Wildman–Crippen LogP) is 12.6. The number of benzene rings is 8. The average Bonchev–Trinajstić information content (AvgIpc) is 3.79. The van der Waals surface area contributed by atoms with Crippen LogP contribution in [0.3, 0.4) is 0 Å². The molecule has 0 amide bonds. The van der Waals surface area contributed by atoms with E-state index in [-0.39, 0.29) is 0 Å². The van der Waals surface area contributed by atoms with Crippen LogP contribution in [0.2, 0.25) is 0 Å². The molecule has 3 heterocycles. The first-order chi connectivity index (χ1) is 25.8. The molecule has 5 heteroatoms. The first-order valence-corrected chi connectivity index (χ1v) is 17.4. The number of nitrogens with zero attached hydrogens (tertiary/aromatic N) is 3. The quantitative estimate of drug-likeness (QED) is 0.187. The van der Waals surface area contributed by atoms with Crippen LogP contribution < -0.4 is 0 Å². The van der Waals surface area contributed by atoms with Gasteiger partial charge in [-0.1, -0.05) is 127 Å². The second kappa shape index (κ2) is 11.2. The molecule has 0 fully saturated rings. The van der Waals surface area contributed by atoms with Crippen molar-refractivity contribution in [1.82, 2.24) is 15.0 Å². The average molecular weight is 666 g/mol. The molecule has 0 aliphatic heterocycles. The third kappa shape index (κ3) is 4.39. The highest BCUT2D eigenvalue weighted by Gasteiger charge is 2.24. The molecule has 0 atom stereocenters. The fourth-order valence-corrected chi connectivity index (χ4v) is 7.71. The van der Waals surface area contributed by atoms with E-state index in [0.29, 0.717) is 17.5 Å². The van der Waals surface area contributed by atoms with Crippen molar-refractivity contribution in [2.45, 2.75) is 0 Å². The standard InChI is InChI=1S/C47H27N3O2/c1-2-13-30(14-3-1)45-48-46(32-22-21-28-11-4-5-15-31(28)27-32)50-47(49-45)43-35(25-26-40-42(43)36-17-8-9-19-38(36)51-40)34-18-10-20-39-41(34)37-24-23-29-12-6-7-16-33(29)44(37)52-39/h1-27H. The van der Waals surface area contributed by atoms with E-state index >= 15 is 0 Å². The summed E-state index contributed by atoms with van der Waals surface area (Å²) in [6.07, 6.45) is 0. The number of aromatic nitrogens is 3. The largest absolute Gasteiger partial charge is 0.456 e. The molecule has 11 aromatic rings. The van der Waals surface area contributed by atoms with Gasteiger partial charge in [-0.05, 0) is 63.7 Å². The molecule has 0 aliphatic rings. The maximum absolute atomic E-state index is 6.65. The van der Waals surface area contributed by atoms with Crippen LogP contribution in [-0.4, -0.2) is 15.0 Å². The lowest BCUT2D eigenvalue weighted by Gasteiger charge is -2.14. The molecule has 0 saturated carbocycles. The Labute approximate surface area is 297 Å². The zero-order chi connectivity index (χ0) is 34.2. The van der Waals surface area contributed by atoms with Gasteiger partial charge in [-0.25, -0.2) is 15.0 Å². The molecule has 0 unspecified atom stereocenters. The van der Waals surface area contributed by atoms with Crippen molar-refractivity contribution in [3.63, 3.8) is 0 Å². The Bertz CT molecular complexity index is 3190. The van der Waals surface area contributed by atoms with Crippen LogP contribution in [-0.2, 0) is 0 Å². The molecule has 5 nitrogen and oxygen atoms in total. The van der Waals surface area contributed by atoms with E-state index in [1.54, 1.807) is 0 Å². The summed E-state index contributed by atoms with van der Waals surface area (Å²) in [4.78, 5) is 15.7. The van der Waals surface area contributed by atoms with Gasteiger partial charge in [0.2, 0.25) is 0 Å². The summed E-state index contributed by atoms with van der Waals surface area (Å²) in [5.74, 6) is 1.77. The second-order valence-corrected chi connectivity index (χ2v) is 13.1. The van der Waals surface area contributed by atoms with Gasteiger partial charge >= 0.3 is 0 Å². The van der Waals surface area contributed by atoms with Gasteiger partial charge in [0, 0.05) is 43.6 Å². The molecular formula is C47H27N3O2. The minimum Gasteiger partial charge on any atom is -0.456 e. The third-order valence-electron chi connectivity index (χ3n) is 10.1. The number of para-hydroxylation sites is 1. The lowest BCUT2D eigenvalue weighted by atomic mass is 9.91. The second-order valence-electron chi connectivity index (χ2n) is 13.1. The number of rotatable bonds is 4. The van der Waals surface area contributed by atoms with Crippen LogP contribution in [0.1, 0.15) is 0 Å². The van der Waals surface area contributed by atoms with Crippen LogP contribution in [0.5, 0.6) is 0 Å². The normalized spacial score (nSPS) is 11.8. The van der Waals surface area contributed by atoms with Crippen molar-refractivity contribution >= 4 is 65.4 Å². The minimum atomic E-state index is 0.569. The summed E-state index contributed by atoms with van der Waals surface area (Å²) in [6, 6.07) is 56.2. The van der Waals surface area contributed by atoms with Gasteiger partial charge < -0.3 is 8.83 Å². The molecule has 0 N–H and O–H groups in total. The zero-order valence-electron chi connectivity index (χ0n) is 27.7. The lowest BCUT2D eigenvalue weighted by Crippen LogP contribution is -2.01. The third-order valence-corrected chi connectivity index (χ3v) is 10.1. The maximum atomic E-state index is 6.65. The number of fused-ring (bicyclic) bond motifs is 9. The highest BCUT2D eigenvalue weighted by molar-refractivity contribution is 6.22. The first-order valence-electron chi connectivity index (χ1n) is 17.4. The SMILES string of the molecule is c1ccc(-c2nc(-c3ccc4ccccc4c3)nc(-c3c(-c4cccc5oc6c7ccccc7ccc6c45)ccc4oc5ccccc5c34)n2)cc1. The summed E-state index contributed by atoms with van der Waals surface area (Å²) < 4.78 is 13.1. The highest BCUT2D eigenvalue weighted by Crippen LogP contribution is 2.46. The molecule has 52 heavy (non-hydrogen) atoms. The van der Waals surface area contributed by atoms with Crippen molar-refractivity contribution in [3.05, 3.63) is 164 Å². The Kier molecular flexibility index (Phi) is 6.18. The Balaban J connectivity index is 1.26. The summed E-state index contributed by atoms with van der Waals surface area (Å²) >= 11 is 0. The van der Waals surface area contributed by atoms with Gasteiger partial charge in [-0.2, -0.15) is 0 Å². The van der Waals surface area contributed by atoms with Crippen molar-refractivity contribution in [1.29, 1.82) is 0 Å². The van der Waals surface area contributed by atoms with Gasteiger partial charge in [0.15, 0.2) is 17.5 Å². The van der Waals surface area contributed by atoms with E-state index in [9.17, 15) is 0 Å². The Morgan fingerprint density at radius 1 is 0.346 bits per heavy atom. The molecular weight excluding hydrogens is 639 g/mol. The van der Waals surface area contributed by atoms with Crippen LogP contribution in [0.4, 0.5) is 0 Å². The van der Waals surface area contributed by atoms with Crippen molar-refractivity contribution in [2.24, 2.45) is 0 Å². The topological polar surface area (TPSA) is 65.0 Å². The molecule has 0 saturated heterocycles. The molecule has 242 valence electrons. The molecule has 0 aliphatic carbocycles. The maximum Gasteiger partial charge on any atom is 0.165 e. The van der Waals surface area contributed by atoms with E-state index in [4.69, 9.17) is 23.8 Å². The minimum absolute atomic E-state index is 0.569. The zero-order valence-corrected chi connectivity index (χ0v) is 27.7. The number of furan rings is 2. The van der Waals surface area contributed by atoms with E-state index in [0.717, 1.165) is 93.2 Å². The molecule has 8 aromatic carbocycles. The number of hydrogen-bond acceptors (Lipinski definition) is 5. The Hall–Kier alpha value is -7.11. The van der Waals surface area contributed by atoms with Gasteiger partial charge in [0.05, 0.1) is 0 Å². The molecule has 11 rings (SSSR count). The monoisotopic (exact) mass is 665 g/mol. The van der Waals surface area contributed by atoms with E-state index in [2.05, 4.69) is 109 Å². The summed E-state index contributed by atoms with van der Waals surface area (Å²) in [5.41, 5.74) is 8.00. The van der Waals surface area contributed by atoms with Crippen molar-refractivity contribution in [2.75, 3.05) is 0 Å². The van der Waals surface area contributed by atoms with Crippen molar-refractivity contribution < 1.29 is 8.83 Å². The molecule has 3 aromatic heterocycles. The first kappa shape index (κ1) is 28.7. The predicted molar refractivity (Wildman–Crippen MR) is 211 cm³/mol. The van der Waals surface area contributed by atoms with E-state index < -0.39 is 0 Å². The highest BCUT2D eigenvalue weighted by atomic mass is 16.3. The fraction of sp³-hybridized carbons (Fsp3) is 0. The summed E-state index contributed by atoms with van der Waals surface area (Å²) in [5, 5.41) is 8.57. The number of hydrogen-bond donors (Lipinski definition) is 0. The smallest absolute Gasteiger partial charge is 0.165 e. The van der Waals surface area contributed by atoms with Gasteiger partial charge in [-0.15, -0.1) is 0 Å². The van der Waals surface area contributed by atoms with Gasteiger partial charge in [-0.3, -0.25) is 0 Å². The Morgan fingerprint density at radius 3 is 1.90 bits per heavy atom. The fourth-order valence-electron chi connectivity index (χ4n) is 7.71. The van der Waals surface area contributed by atoms with E-state index in [1.807, 2.05) is 54.6 Å².